The van der Waals surface area contributed by atoms with Gasteiger partial charge >= 0.3 is 0 Å². The SMILES string of the molecule is Cn1ncc2cccc(NS(=O)(=O)c3cnn(-c4cc(C5(O)CC(C)(C)C5)ccn4)c3)c21. The third-order valence-corrected chi connectivity index (χ3v) is 7.25. The van der Waals surface area contributed by atoms with Crippen LogP contribution in [0.25, 0.3) is 16.7 Å². The van der Waals surface area contributed by atoms with Gasteiger partial charge in [-0.2, -0.15) is 10.2 Å². The number of hydrogen-bond donors (Lipinski definition) is 2. The van der Waals surface area contributed by atoms with Crippen LogP contribution in [0, 0.1) is 5.41 Å². The largest absolute Gasteiger partial charge is 0.385 e. The third kappa shape index (κ3) is 3.45. The summed E-state index contributed by atoms with van der Waals surface area (Å²) in [4.78, 5) is 4.31. The molecule has 0 bridgehead atoms. The average molecular weight is 453 g/mol. The number of aliphatic hydroxyl groups is 1. The second kappa shape index (κ2) is 6.88. The molecule has 3 aromatic heterocycles. The summed E-state index contributed by atoms with van der Waals surface area (Å²) < 4.78 is 31.7. The molecule has 0 saturated heterocycles. The molecule has 0 atom stereocenters. The standard InChI is InChI=1S/C22H24N6O3S/c1-21(2)13-22(29,14-21)16-7-8-23-19(9-16)28-12-17(11-25-28)32(30,31)26-18-6-4-5-15-10-24-27(3)20(15)18/h4-12,26,29H,13-14H2,1-3H3. The van der Waals surface area contributed by atoms with Gasteiger partial charge in [0.15, 0.2) is 5.82 Å². The van der Waals surface area contributed by atoms with Gasteiger partial charge in [0.2, 0.25) is 0 Å². The molecule has 1 saturated carbocycles. The van der Waals surface area contributed by atoms with Crippen LogP contribution in [0.1, 0.15) is 32.3 Å². The highest BCUT2D eigenvalue weighted by atomic mass is 32.2. The molecule has 1 aromatic carbocycles. The number of sulfonamides is 1. The number of fused-ring (bicyclic) bond motifs is 1. The predicted molar refractivity (Wildman–Crippen MR) is 120 cm³/mol. The lowest BCUT2D eigenvalue weighted by molar-refractivity contribution is -0.119. The van der Waals surface area contributed by atoms with E-state index in [9.17, 15) is 13.5 Å². The summed E-state index contributed by atoms with van der Waals surface area (Å²) in [7, 11) is -2.13. The highest BCUT2D eigenvalue weighted by Gasteiger charge is 2.49. The molecule has 0 aliphatic heterocycles. The van der Waals surface area contributed by atoms with Crippen LogP contribution < -0.4 is 4.72 Å². The van der Waals surface area contributed by atoms with Crippen LogP contribution in [-0.4, -0.2) is 38.1 Å². The van der Waals surface area contributed by atoms with E-state index in [0.29, 0.717) is 29.9 Å². The van der Waals surface area contributed by atoms with Crippen LogP contribution in [0.3, 0.4) is 0 Å². The van der Waals surface area contributed by atoms with Crippen LogP contribution in [0.2, 0.25) is 0 Å². The van der Waals surface area contributed by atoms with E-state index in [1.165, 1.54) is 17.1 Å². The Morgan fingerprint density at radius 1 is 1.12 bits per heavy atom. The van der Waals surface area contributed by atoms with Gasteiger partial charge < -0.3 is 5.11 Å². The number of nitrogens with zero attached hydrogens (tertiary/aromatic N) is 5. The average Bonchev–Trinajstić information content (AvgIpc) is 3.35. The van der Waals surface area contributed by atoms with E-state index in [1.807, 2.05) is 6.07 Å². The summed E-state index contributed by atoms with van der Waals surface area (Å²) in [5.74, 6) is 0.441. The predicted octanol–water partition coefficient (Wildman–Crippen LogP) is 2.96. The van der Waals surface area contributed by atoms with E-state index in [2.05, 4.69) is 33.8 Å². The molecule has 10 heteroatoms. The molecule has 2 N–H and O–H groups in total. The van der Waals surface area contributed by atoms with Crippen LogP contribution in [0.15, 0.2) is 60.0 Å². The van der Waals surface area contributed by atoms with Gasteiger partial charge in [-0.3, -0.25) is 9.40 Å². The van der Waals surface area contributed by atoms with Gasteiger partial charge in [0.1, 0.15) is 4.90 Å². The van der Waals surface area contributed by atoms with Crippen molar-refractivity contribution in [3.05, 3.63) is 60.7 Å². The first-order valence-corrected chi connectivity index (χ1v) is 11.7. The van der Waals surface area contributed by atoms with E-state index in [-0.39, 0.29) is 10.3 Å². The number of nitrogens with one attached hydrogen (secondary N) is 1. The van der Waals surface area contributed by atoms with Crippen molar-refractivity contribution < 1.29 is 13.5 Å². The summed E-state index contributed by atoms with van der Waals surface area (Å²) in [6.07, 6.45) is 7.29. The van der Waals surface area contributed by atoms with Gasteiger partial charge in [0, 0.05) is 18.6 Å². The van der Waals surface area contributed by atoms with E-state index in [4.69, 9.17) is 0 Å². The Balaban J connectivity index is 1.43. The Kier molecular flexibility index (Phi) is 4.44. The Labute approximate surface area is 185 Å². The molecule has 1 aliphatic rings. The molecular weight excluding hydrogens is 428 g/mol. The van der Waals surface area contributed by atoms with E-state index < -0.39 is 15.6 Å². The molecule has 1 aliphatic carbocycles. The summed E-state index contributed by atoms with van der Waals surface area (Å²) >= 11 is 0. The van der Waals surface area contributed by atoms with Crippen molar-refractivity contribution in [3.63, 3.8) is 0 Å². The minimum absolute atomic E-state index is 0.00682. The smallest absolute Gasteiger partial charge is 0.265 e. The Morgan fingerprint density at radius 3 is 2.66 bits per heavy atom. The third-order valence-electron chi connectivity index (χ3n) is 5.93. The normalized spacial score (nSPS) is 17.2. The zero-order chi connectivity index (χ0) is 22.7. The molecule has 3 heterocycles. The lowest BCUT2D eigenvalue weighted by atomic mass is 9.59. The van der Waals surface area contributed by atoms with Crippen LogP contribution >= 0.6 is 0 Å². The number of hydrogen-bond acceptors (Lipinski definition) is 6. The van der Waals surface area contributed by atoms with Gasteiger partial charge in [-0.05, 0) is 42.0 Å². The lowest BCUT2D eigenvalue weighted by Gasteiger charge is -2.50. The second-order valence-electron chi connectivity index (χ2n) is 9.19. The monoisotopic (exact) mass is 452 g/mol. The van der Waals surface area contributed by atoms with Gasteiger partial charge in [0.05, 0.1) is 35.4 Å². The number of rotatable bonds is 5. The van der Waals surface area contributed by atoms with Gasteiger partial charge in [0.25, 0.3) is 10.0 Å². The first kappa shape index (κ1) is 20.7. The van der Waals surface area contributed by atoms with Crippen LogP contribution in [0.4, 0.5) is 5.69 Å². The highest BCUT2D eigenvalue weighted by molar-refractivity contribution is 7.92. The van der Waals surface area contributed by atoms with E-state index >= 15 is 0 Å². The fraction of sp³-hybridized carbons (Fsp3) is 0.318. The molecule has 5 rings (SSSR count). The number of benzene rings is 1. The molecule has 1 fully saturated rings. The Hall–Kier alpha value is -3.24. The summed E-state index contributed by atoms with van der Waals surface area (Å²) in [6, 6.07) is 8.87. The van der Waals surface area contributed by atoms with Crippen molar-refractivity contribution in [3.8, 4) is 5.82 Å². The Morgan fingerprint density at radius 2 is 1.91 bits per heavy atom. The fourth-order valence-electron chi connectivity index (χ4n) is 4.66. The first-order chi connectivity index (χ1) is 15.1. The molecule has 32 heavy (non-hydrogen) atoms. The van der Waals surface area contributed by atoms with Gasteiger partial charge in [-0.15, -0.1) is 0 Å². The lowest BCUT2D eigenvalue weighted by Crippen LogP contribution is -2.46. The molecule has 166 valence electrons. The first-order valence-electron chi connectivity index (χ1n) is 10.2. The molecule has 0 radical (unpaired) electrons. The maximum absolute atomic E-state index is 13.0. The zero-order valence-electron chi connectivity index (χ0n) is 18.0. The van der Waals surface area contributed by atoms with Crippen molar-refractivity contribution >= 4 is 26.6 Å². The minimum atomic E-state index is -3.89. The number of anilines is 1. The molecule has 9 nitrogen and oxygen atoms in total. The number of aryl methyl sites for hydroxylation is 1. The second-order valence-corrected chi connectivity index (χ2v) is 10.9. The maximum atomic E-state index is 13.0. The maximum Gasteiger partial charge on any atom is 0.265 e. The molecule has 4 aromatic rings. The van der Waals surface area contributed by atoms with Gasteiger partial charge in [-0.25, -0.2) is 18.1 Å². The van der Waals surface area contributed by atoms with Crippen molar-refractivity contribution in [2.24, 2.45) is 12.5 Å². The minimum Gasteiger partial charge on any atom is -0.385 e. The summed E-state index contributed by atoms with van der Waals surface area (Å²) in [6.45, 7) is 4.24. The molecule has 0 amide bonds. The zero-order valence-corrected chi connectivity index (χ0v) is 18.8. The number of aromatic nitrogens is 5. The molecule has 0 unspecified atom stereocenters. The number of pyridine rings is 1. The summed E-state index contributed by atoms with van der Waals surface area (Å²) in [5.41, 5.74) is 1.07. The van der Waals surface area contributed by atoms with Crippen molar-refractivity contribution in [2.75, 3.05) is 4.72 Å². The van der Waals surface area contributed by atoms with E-state index in [1.54, 1.807) is 48.4 Å². The Bertz CT molecular complexity index is 1430. The topological polar surface area (TPSA) is 115 Å². The quantitative estimate of drug-likeness (QED) is 0.481. The van der Waals surface area contributed by atoms with Crippen molar-refractivity contribution in [1.82, 2.24) is 24.5 Å². The highest BCUT2D eigenvalue weighted by Crippen LogP contribution is 2.53. The van der Waals surface area contributed by atoms with E-state index in [0.717, 1.165) is 10.9 Å². The summed E-state index contributed by atoms with van der Waals surface area (Å²) in [5, 5.41) is 20.1. The molecular formula is C22H24N6O3S. The van der Waals surface area contributed by atoms with Crippen molar-refractivity contribution in [1.29, 1.82) is 0 Å². The van der Waals surface area contributed by atoms with Crippen LogP contribution in [0.5, 0.6) is 0 Å². The van der Waals surface area contributed by atoms with Crippen molar-refractivity contribution in [2.45, 2.75) is 37.2 Å². The van der Waals surface area contributed by atoms with Crippen LogP contribution in [-0.2, 0) is 22.7 Å². The fourth-order valence-corrected chi connectivity index (χ4v) is 5.66. The van der Waals surface area contributed by atoms with Gasteiger partial charge in [-0.1, -0.05) is 26.0 Å². The molecule has 0 spiro atoms. The number of para-hydroxylation sites is 1.